The highest BCUT2D eigenvalue weighted by molar-refractivity contribution is 5.96. The first-order valence-corrected chi connectivity index (χ1v) is 8.98. The topological polar surface area (TPSA) is 81.4 Å². The summed E-state index contributed by atoms with van der Waals surface area (Å²) in [5, 5.41) is 2.95. The lowest BCUT2D eigenvalue weighted by atomic mass is 10.0. The SMILES string of the molecule is COc1cccc(CCNC(=O)c2cccc(-c3ccc(C(N)=O)cc3)c2)c1. The highest BCUT2D eigenvalue weighted by Gasteiger charge is 2.08. The molecule has 0 fully saturated rings. The first kappa shape index (κ1) is 19.2. The Labute approximate surface area is 164 Å². The van der Waals surface area contributed by atoms with Gasteiger partial charge in [0.2, 0.25) is 5.91 Å². The van der Waals surface area contributed by atoms with Crippen LogP contribution in [0, 0.1) is 0 Å². The van der Waals surface area contributed by atoms with Crippen LogP contribution in [0.15, 0.2) is 72.8 Å². The van der Waals surface area contributed by atoms with Crippen molar-refractivity contribution >= 4 is 11.8 Å². The van der Waals surface area contributed by atoms with E-state index in [0.29, 0.717) is 17.7 Å². The van der Waals surface area contributed by atoms with Crippen LogP contribution in [-0.2, 0) is 6.42 Å². The minimum absolute atomic E-state index is 0.126. The van der Waals surface area contributed by atoms with E-state index in [1.54, 1.807) is 25.3 Å². The Morgan fingerprint density at radius 2 is 1.64 bits per heavy atom. The predicted octanol–water partition coefficient (Wildman–Crippen LogP) is 3.43. The fraction of sp³-hybridized carbons (Fsp3) is 0.130. The summed E-state index contributed by atoms with van der Waals surface area (Å²) in [4.78, 5) is 23.7. The molecule has 0 unspecified atom stereocenters. The van der Waals surface area contributed by atoms with Crippen LogP contribution < -0.4 is 15.8 Å². The van der Waals surface area contributed by atoms with Crippen LogP contribution in [0.5, 0.6) is 5.75 Å². The first-order valence-electron chi connectivity index (χ1n) is 8.98. The molecule has 142 valence electrons. The van der Waals surface area contributed by atoms with Gasteiger partial charge in [-0.2, -0.15) is 0 Å². The van der Waals surface area contributed by atoms with E-state index in [2.05, 4.69) is 5.32 Å². The normalized spacial score (nSPS) is 10.3. The molecule has 0 saturated carbocycles. The summed E-state index contributed by atoms with van der Waals surface area (Å²) in [6, 6.07) is 22.2. The van der Waals surface area contributed by atoms with Crippen molar-refractivity contribution in [3.05, 3.63) is 89.5 Å². The molecule has 2 amide bonds. The van der Waals surface area contributed by atoms with E-state index in [0.717, 1.165) is 28.9 Å². The van der Waals surface area contributed by atoms with Gasteiger partial charge in [0.15, 0.2) is 0 Å². The van der Waals surface area contributed by atoms with Gasteiger partial charge in [0.1, 0.15) is 5.75 Å². The first-order chi connectivity index (χ1) is 13.6. The maximum absolute atomic E-state index is 12.5. The summed E-state index contributed by atoms with van der Waals surface area (Å²) in [7, 11) is 1.63. The highest BCUT2D eigenvalue weighted by atomic mass is 16.5. The maximum Gasteiger partial charge on any atom is 0.251 e. The van der Waals surface area contributed by atoms with Gasteiger partial charge in [-0.1, -0.05) is 36.4 Å². The van der Waals surface area contributed by atoms with Crippen molar-refractivity contribution in [3.63, 3.8) is 0 Å². The number of nitrogens with two attached hydrogens (primary N) is 1. The number of nitrogens with one attached hydrogen (secondary N) is 1. The molecule has 0 aliphatic carbocycles. The van der Waals surface area contributed by atoms with Crippen LogP contribution in [0.3, 0.4) is 0 Å². The highest BCUT2D eigenvalue weighted by Crippen LogP contribution is 2.21. The predicted molar refractivity (Wildman–Crippen MR) is 109 cm³/mol. The van der Waals surface area contributed by atoms with Crippen molar-refractivity contribution in [3.8, 4) is 16.9 Å². The van der Waals surface area contributed by atoms with Crippen LogP contribution in [0.4, 0.5) is 0 Å². The number of carbonyl (C=O) groups excluding carboxylic acids is 2. The molecule has 0 spiro atoms. The molecule has 0 saturated heterocycles. The van der Waals surface area contributed by atoms with Gasteiger partial charge in [-0.25, -0.2) is 0 Å². The van der Waals surface area contributed by atoms with E-state index in [9.17, 15) is 9.59 Å². The average molecular weight is 374 g/mol. The number of methoxy groups -OCH3 is 1. The van der Waals surface area contributed by atoms with Crippen molar-refractivity contribution in [1.29, 1.82) is 0 Å². The zero-order valence-electron chi connectivity index (χ0n) is 15.6. The minimum atomic E-state index is -0.462. The van der Waals surface area contributed by atoms with Gasteiger partial charge < -0.3 is 15.8 Å². The van der Waals surface area contributed by atoms with E-state index in [4.69, 9.17) is 10.5 Å². The molecular weight excluding hydrogens is 352 g/mol. The number of hydrogen-bond donors (Lipinski definition) is 2. The number of amides is 2. The lowest BCUT2D eigenvalue weighted by molar-refractivity contribution is 0.0952. The molecule has 0 aromatic heterocycles. The van der Waals surface area contributed by atoms with Gasteiger partial charge in [-0.3, -0.25) is 9.59 Å². The van der Waals surface area contributed by atoms with Gasteiger partial charge in [-0.05, 0) is 59.5 Å². The minimum Gasteiger partial charge on any atom is -0.497 e. The lowest BCUT2D eigenvalue weighted by Crippen LogP contribution is -2.25. The van der Waals surface area contributed by atoms with Crippen molar-refractivity contribution in [2.24, 2.45) is 5.73 Å². The second kappa shape index (κ2) is 8.86. The lowest BCUT2D eigenvalue weighted by Gasteiger charge is -2.08. The van der Waals surface area contributed by atoms with E-state index in [1.807, 2.05) is 54.6 Å². The Hall–Kier alpha value is -3.60. The second-order valence-corrected chi connectivity index (χ2v) is 6.38. The fourth-order valence-electron chi connectivity index (χ4n) is 2.92. The molecule has 3 aromatic carbocycles. The molecule has 0 aliphatic rings. The standard InChI is InChI=1S/C23H22N2O3/c1-28-21-7-2-4-16(14-21)12-13-25-23(27)20-6-3-5-19(15-20)17-8-10-18(11-9-17)22(24)26/h2-11,14-15H,12-13H2,1H3,(H2,24,26)(H,25,27). The summed E-state index contributed by atoms with van der Waals surface area (Å²) >= 11 is 0. The molecule has 0 bridgehead atoms. The van der Waals surface area contributed by atoms with Gasteiger partial charge in [0.05, 0.1) is 7.11 Å². The van der Waals surface area contributed by atoms with Crippen molar-refractivity contribution < 1.29 is 14.3 Å². The molecule has 0 radical (unpaired) electrons. The van der Waals surface area contributed by atoms with Crippen molar-refractivity contribution in [1.82, 2.24) is 5.32 Å². The third-order valence-electron chi connectivity index (χ3n) is 4.46. The molecular formula is C23H22N2O3. The monoisotopic (exact) mass is 374 g/mol. The molecule has 3 aromatic rings. The number of carbonyl (C=O) groups is 2. The fourth-order valence-corrected chi connectivity index (χ4v) is 2.92. The molecule has 0 atom stereocenters. The van der Waals surface area contributed by atoms with Gasteiger partial charge in [0, 0.05) is 17.7 Å². The summed E-state index contributed by atoms with van der Waals surface area (Å²) in [5.41, 5.74) is 9.22. The number of benzene rings is 3. The van der Waals surface area contributed by atoms with Crippen LogP contribution in [-0.4, -0.2) is 25.5 Å². The molecule has 5 nitrogen and oxygen atoms in total. The number of hydrogen-bond acceptors (Lipinski definition) is 3. The zero-order chi connectivity index (χ0) is 19.9. The van der Waals surface area contributed by atoms with E-state index < -0.39 is 5.91 Å². The van der Waals surface area contributed by atoms with Crippen LogP contribution >= 0.6 is 0 Å². The van der Waals surface area contributed by atoms with E-state index >= 15 is 0 Å². The molecule has 28 heavy (non-hydrogen) atoms. The smallest absolute Gasteiger partial charge is 0.251 e. The average Bonchev–Trinajstić information content (AvgIpc) is 2.74. The van der Waals surface area contributed by atoms with Gasteiger partial charge in [-0.15, -0.1) is 0 Å². The Bertz CT molecular complexity index is 981. The van der Waals surface area contributed by atoms with Gasteiger partial charge in [0.25, 0.3) is 5.91 Å². The third kappa shape index (κ3) is 4.76. The van der Waals surface area contributed by atoms with Gasteiger partial charge >= 0.3 is 0 Å². The van der Waals surface area contributed by atoms with Crippen molar-refractivity contribution in [2.45, 2.75) is 6.42 Å². The zero-order valence-corrected chi connectivity index (χ0v) is 15.6. The van der Waals surface area contributed by atoms with E-state index in [1.165, 1.54) is 0 Å². The summed E-state index contributed by atoms with van der Waals surface area (Å²) in [5.74, 6) is 0.216. The second-order valence-electron chi connectivity index (χ2n) is 6.38. The molecule has 3 rings (SSSR count). The molecule has 3 N–H and O–H groups in total. The quantitative estimate of drug-likeness (QED) is 0.665. The van der Waals surface area contributed by atoms with Crippen LogP contribution in [0.1, 0.15) is 26.3 Å². The summed E-state index contributed by atoms with van der Waals surface area (Å²) in [6.07, 6.45) is 0.719. The third-order valence-corrected chi connectivity index (χ3v) is 4.46. The Kier molecular flexibility index (Phi) is 6.07. The Balaban J connectivity index is 1.64. The largest absolute Gasteiger partial charge is 0.497 e. The number of rotatable bonds is 7. The van der Waals surface area contributed by atoms with Crippen molar-refractivity contribution in [2.75, 3.05) is 13.7 Å². The Morgan fingerprint density at radius 1 is 0.893 bits per heavy atom. The number of primary amides is 1. The molecule has 5 heteroatoms. The maximum atomic E-state index is 12.5. The number of ether oxygens (including phenoxy) is 1. The summed E-state index contributed by atoms with van der Waals surface area (Å²) < 4.78 is 5.21. The van der Waals surface area contributed by atoms with Crippen LogP contribution in [0.2, 0.25) is 0 Å². The molecule has 0 heterocycles. The summed E-state index contributed by atoms with van der Waals surface area (Å²) in [6.45, 7) is 0.531. The van der Waals surface area contributed by atoms with E-state index in [-0.39, 0.29) is 5.91 Å². The Morgan fingerprint density at radius 3 is 2.36 bits per heavy atom. The van der Waals surface area contributed by atoms with Crippen LogP contribution in [0.25, 0.3) is 11.1 Å². The molecule has 0 aliphatic heterocycles.